The number of esters is 1. The summed E-state index contributed by atoms with van der Waals surface area (Å²) in [6.07, 6.45) is 2.31. The van der Waals surface area contributed by atoms with Gasteiger partial charge in [0.15, 0.2) is 5.82 Å². The van der Waals surface area contributed by atoms with E-state index in [1.807, 2.05) is 25.3 Å². The standard InChI is InChI=1S/C55H71N7O8Si/c1-13-61-45-29-28-37(49-58-46(60-70-49)33-44(57-52(65)69-53(3,4)5)50(63)62-31-21-27-43(59-62)51(64)67-12)32-41(45)42(48(61)40-26-20-30-56-47(40)36(2)66-11)34-55(9,10)35-68-71(54(6,7)8,38-22-16-14-17-23-38)39-24-18-15-19-25-39/h14-20,22-26,28-30,32,36,43-44,59H,13,21,27,31,33-35H2,1-12H3,(H,57,65)/t36-,43-,44-/m0/s1. The highest BCUT2D eigenvalue weighted by Crippen LogP contribution is 2.43. The minimum absolute atomic E-state index is 0.118. The van der Waals surface area contributed by atoms with E-state index in [0.29, 0.717) is 44.5 Å². The maximum Gasteiger partial charge on any atom is 0.408 e. The summed E-state index contributed by atoms with van der Waals surface area (Å²) in [6, 6.07) is 29.8. The van der Waals surface area contributed by atoms with Gasteiger partial charge < -0.3 is 33.0 Å². The molecule has 3 atom stereocenters. The van der Waals surface area contributed by atoms with Crippen molar-refractivity contribution in [2.45, 2.75) is 130 Å². The van der Waals surface area contributed by atoms with Crippen LogP contribution in [0.3, 0.4) is 0 Å². The minimum Gasteiger partial charge on any atom is -0.468 e. The normalized spacial score (nSPS) is 15.6. The zero-order chi connectivity index (χ0) is 51.3. The first-order valence-corrected chi connectivity index (χ1v) is 26.5. The van der Waals surface area contributed by atoms with Gasteiger partial charge >= 0.3 is 12.1 Å². The summed E-state index contributed by atoms with van der Waals surface area (Å²) >= 11 is 0. The van der Waals surface area contributed by atoms with E-state index in [9.17, 15) is 14.4 Å². The molecule has 4 heterocycles. The Balaban J connectivity index is 1.29. The number of methoxy groups -OCH3 is 2. The molecule has 0 saturated carbocycles. The number of benzene rings is 3. The summed E-state index contributed by atoms with van der Waals surface area (Å²) in [6.45, 7) is 22.3. The van der Waals surface area contributed by atoms with Crippen LogP contribution in [0.1, 0.15) is 105 Å². The van der Waals surface area contributed by atoms with E-state index >= 15 is 0 Å². The third-order valence-electron chi connectivity index (χ3n) is 13.1. The van der Waals surface area contributed by atoms with Crippen LogP contribution in [-0.4, -0.2) is 96.0 Å². The highest BCUT2D eigenvalue weighted by molar-refractivity contribution is 6.99. The second-order valence-corrected chi connectivity index (χ2v) is 25.5. The number of aromatic nitrogens is 4. The number of aryl methyl sites for hydroxylation is 1. The molecule has 3 aromatic heterocycles. The van der Waals surface area contributed by atoms with Gasteiger partial charge in [0.05, 0.1) is 24.6 Å². The van der Waals surface area contributed by atoms with Crippen molar-refractivity contribution in [3.8, 4) is 22.7 Å². The van der Waals surface area contributed by atoms with Crippen molar-refractivity contribution < 1.29 is 37.5 Å². The van der Waals surface area contributed by atoms with Gasteiger partial charge in [-0.15, -0.1) is 0 Å². The van der Waals surface area contributed by atoms with Crippen molar-refractivity contribution in [1.29, 1.82) is 0 Å². The van der Waals surface area contributed by atoms with Gasteiger partial charge in [-0.3, -0.25) is 19.6 Å². The topological polar surface area (TPSA) is 172 Å². The number of carbonyl (C=O) groups excluding carboxylic acids is 3. The Hall–Kier alpha value is -6.20. The molecule has 0 bridgehead atoms. The molecule has 0 aliphatic carbocycles. The first-order chi connectivity index (χ1) is 33.7. The van der Waals surface area contributed by atoms with E-state index in [-0.39, 0.29) is 34.7 Å². The average molecular weight is 986 g/mol. The van der Waals surface area contributed by atoms with Crippen molar-refractivity contribution in [3.63, 3.8) is 0 Å². The number of rotatable bonds is 17. The highest BCUT2D eigenvalue weighted by Gasteiger charge is 2.51. The van der Waals surface area contributed by atoms with Gasteiger partial charge in [0.2, 0.25) is 0 Å². The van der Waals surface area contributed by atoms with Crippen molar-refractivity contribution >= 4 is 47.6 Å². The van der Waals surface area contributed by atoms with E-state index in [0.717, 1.165) is 33.4 Å². The Morgan fingerprint density at radius 2 is 1.59 bits per heavy atom. The SMILES string of the molecule is CCn1c(-c2cccnc2[C@H](C)OC)c(CC(C)(C)CO[Si](c2ccccc2)(c2ccccc2)C(C)(C)C)c2cc(-c3nc(C[C@H](NC(=O)OC(C)(C)C)C(=O)N4CCC[C@@H](C(=O)OC)N4)no3)ccc21. The molecule has 0 unspecified atom stereocenters. The number of amides is 2. The summed E-state index contributed by atoms with van der Waals surface area (Å²) in [5.74, 6) is -0.540. The lowest BCUT2D eigenvalue weighted by molar-refractivity contribution is -0.150. The molecule has 1 fully saturated rings. The molecule has 1 aliphatic rings. The molecule has 0 radical (unpaired) electrons. The minimum atomic E-state index is -2.88. The predicted octanol–water partition coefficient (Wildman–Crippen LogP) is 8.73. The summed E-state index contributed by atoms with van der Waals surface area (Å²) in [4.78, 5) is 49.4. The number of carbonyl (C=O) groups is 3. The fraction of sp³-hybridized carbons (Fsp3) is 0.455. The number of nitrogens with zero attached hydrogens (tertiary/aromatic N) is 5. The van der Waals surface area contributed by atoms with Crippen LogP contribution < -0.4 is 21.1 Å². The number of hydrogen-bond acceptors (Lipinski definition) is 12. The molecule has 15 nitrogen and oxygen atoms in total. The fourth-order valence-electron chi connectivity index (χ4n) is 9.75. The molecular weight excluding hydrogens is 915 g/mol. The van der Waals surface area contributed by atoms with Gasteiger partial charge in [0, 0.05) is 61.5 Å². The van der Waals surface area contributed by atoms with Crippen LogP contribution in [0.15, 0.2) is 102 Å². The average Bonchev–Trinajstić information content (AvgIpc) is 3.94. The van der Waals surface area contributed by atoms with Crippen LogP contribution in [0.5, 0.6) is 0 Å². The third kappa shape index (κ3) is 11.6. The van der Waals surface area contributed by atoms with Gasteiger partial charge in [0.1, 0.15) is 17.7 Å². The smallest absolute Gasteiger partial charge is 0.408 e. The van der Waals surface area contributed by atoms with E-state index in [4.69, 9.17) is 33.1 Å². The van der Waals surface area contributed by atoms with Crippen LogP contribution in [0.4, 0.5) is 4.79 Å². The van der Waals surface area contributed by atoms with Gasteiger partial charge in [-0.05, 0) is 111 Å². The lowest BCUT2D eigenvalue weighted by atomic mass is 9.84. The molecule has 2 N–H and O–H groups in total. The van der Waals surface area contributed by atoms with Crippen molar-refractivity contribution in [1.82, 2.24) is 35.4 Å². The number of hydrazine groups is 1. The Labute approximate surface area is 419 Å². The van der Waals surface area contributed by atoms with E-state index in [2.05, 4.69) is 141 Å². The molecule has 1 aliphatic heterocycles. The molecule has 3 aromatic carbocycles. The van der Waals surface area contributed by atoms with Crippen molar-refractivity contribution in [2.75, 3.05) is 27.4 Å². The highest BCUT2D eigenvalue weighted by atomic mass is 28.4. The Kier molecular flexibility index (Phi) is 16.0. The van der Waals surface area contributed by atoms with Gasteiger partial charge in [-0.1, -0.05) is 100 Å². The monoisotopic (exact) mass is 986 g/mol. The lowest BCUT2D eigenvalue weighted by Gasteiger charge is -2.44. The van der Waals surface area contributed by atoms with Crippen molar-refractivity contribution in [2.24, 2.45) is 5.41 Å². The summed E-state index contributed by atoms with van der Waals surface area (Å²) in [5, 5.41) is 11.6. The predicted molar refractivity (Wildman–Crippen MR) is 277 cm³/mol. The number of ether oxygens (including phenoxy) is 3. The van der Waals surface area contributed by atoms with Crippen LogP contribution in [-0.2, 0) is 47.6 Å². The Morgan fingerprint density at radius 3 is 2.20 bits per heavy atom. The number of nitrogens with one attached hydrogen (secondary N) is 2. The summed E-state index contributed by atoms with van der Waals surface area (Å²) < 4.78 is 32.3. The Morgan fingerprint density at radius 1 is 0.915 bits per heavy atom. The van der Waals surface area contributed by atoms with Gasteiger partial charge in [-0.25, -0.2) is 10.2 Å². The van der Waals surface area contributed by atoms with Crippen LogP contribution in [0.25, 0.3) is 33.6 Å². The molecule has 1 saturated heterocycles. The zero-order valence-corrected chi connectivity index (χ0v) is 44.4. The fourth-order valence-corrected chi connectivity index (χ4v) is 14.5. The summed E-state index contributed by atoms with van der Waals surface area (Å²) in [7, 11) is 0.120. The van der Waals surface area contributed by atoms with Gasteiger partial charge in [0.25, 0.3) is 20.1 Å². The second-order valence-electron chi connectivity index (χ2n) is 21.2. The quantitative estimate of drug-likeness (QED) is 0.0659. The zero-order valence-electron chi connectivity index (χ0n) is 43.4. The van der Waals surface area contributed by atoms with Gasteiger partial charge in [-0.2, -0.15) is 4.98 Å². The Bertz CT molecular complexity index is 2760. The molecule has 16 heteroatoms. The third-order valence-corrected chi connectivity index (χ3v) is 18.1. The largest absolute Gasteiger partial charge is 0.468 e. The number of alkyl carbamates (subject to hydrolysis) is 1. The van der Waals surface area contributed by atoms with Crippen LogP contribution in [0, 0.1) is 5.41 Å². The molecule has 7 rings (SSSR count). The molecule has 71 heavy (non-hydrogen) atoms. The van der Waals surface area contributed by atoms with E-state index < -0.39 is 44.0 Å². The first kappa shape index (κ1) is 52.6. The van der Waals surface area contributed by atoms with E-state index in [1.54, 1.807) is 27.9 Å². The number of fused-ring (bicyclic) bond motifs is 1. The maximum absolute atomic E-state index is 14.1. The number of pyridine rings is 1. The lowest BCUT2D eigenvalue weighted by Crippen LogP contribution is -2.67. The van der Waals surface area contributed by atoms with Crippen molar-refractivity contribution in [3.05, 3.63) is 114 Å². The first-order valence-electron chi connectivity index (χ1n) is 24.6. The maximum atomic E-state index is 14.1. The molecular formula is C55H71N7O8Si. The molecule has 378 valence electrons. The molecule has 2 amide bonds. The number of hydrogen-bond donors (Lipinski definition) is 2. The summed E-state index contributed by atoms with van der Waals surface area (Å²) in [5.41, 5.74) is 7.44. The van der Waals surface area contributed by atoms with Crippen LogP contribution in [0.2, 0.25) is 5.04 Å². The second kappa shape index (κ2) is 21.7. The molecule has 0 spiro atoms. The molecule has 6 aromatic rings. The van der Waals surface area contributed by atoms with E-state index in [1.165, 1.54) is 22.5 Å². The van der Waals surface area contributed by atoms with Crippen LogP contribution >= 0.6 is 0 Å².